The molecule has 108 valence electrons. The van der Waals surface area contributed by atoms with Crippen molar-refractivity contribution in [2.45, 2.75) is 38.3 Å². The molecule has 20 heavy (non-hydrogen) atoms. The Morgan fingerprint density at radius 3 is 2.95 bits per heavy atom. The highest BCUT2D eigenvalue weighted by Crippen LogP contribution is 2.30. The van der Waals surface area contributed by atoms with Crippen LogP contribution in [-0.4, -0.2) is 41.2 Å². The van der Waals surface area contributed by atoms with E-state index in [1.165, 1.54) is 5.56 Å². The number of nitrogens with zero attached hydrogens (tertiary/aromatic N) is 1. The molecule has 0 aromatic heterocycles. The van der Waals surface area contributed by atoms with Crippen molar-refractivity contribution >= 4 is 5.97 Å². The highest BCUT2D eigenvalue weighted by Gasteiger charge is 2.32. The van der Waals surface area contributed by atoms with Crippen molar-refractivity contribution < 1.29 is 14.6 Å². The Bertz CT molecular complexity index is 477. The van der Waals surface area contributed by atoms with Gasteiger partial charge in [-0.05, 0) is 37.9 Å². The van der Waals surface area contributed by atoms with Crippen LogP contribution >= 0.6 is 0 Å². The number of ether oxygens (including phenoxy) is 1. The number of carboxylic acids is 1. The zero-order valence-electron chi connectivity index (χ0n) is 11.8. The molecule has 3 atom stereocenters. The summed E-state index contributed by atoms with van der Waals surface area (Å²) in [5.41, 5.74) is 1.28. The summed E-state index contributed by atoms with van der Waals surface area (Å²) in [6, 6.07) is 8.51. The zero-order valence-corrected chi connectivity index (χ0v) is 11.8. The average Bonchev–Trinajstić information content (AvgIpc) is 2.83. The normalized spacial score (nSPS) is 29.8. The number of fused-ring (bicyclic) bond motifs is 1. The molecule has 1 fully saturated rings. The quantitative estimate of drug-likeness (QED) is 0.918. The van der Waals surface area contributed by atoms with E-state index in [0.29, 0.717) is 6.04 Å². The zero-order chi connectivity index (χ0) is 14.1. The van der Waals surface area contributed by atoms with E-state index in [1.807, 2.05) is 18.2 Å². The van der Waals surface area contributed by atoms with E-state index in [2.05, 4.69) is 17.9 Å². The van der Waals surface area contributed by atoms with E-state index in [9.17, 15) is 4.79 Å². The van der Waals surface area contributed by atoms with Gasteiger partial charge >= 0.3 is 5.97 Å². The first kappa shape index (κ1) is 13.4. The number of para-hydroxylation sites is 1. The maximum absolute atomic E-state index is 11.1. The second kappa shape index (κ2) is 5.44. The van der Waals surface area contributed by atoms with Crippen molar-refractivity contribution in [3.63, 3.8) is 0 Å². The summed E-state index contributed by atoms with van der Waals surface area (Å²) in [5.74, 6) is 0.176. The smallest absolute Gasteiger partial charge is 0.306 e. The largest absolute Gasteiger partial charge is 0.488 e. The van der Waals surface area contributed by atoms with Crippen LogP contribution in [0.5, 0.6) is 5.75 Å². The minimum absolute atomic E-state index is 0.178. The standard InChI is InChI=1S/C16H21NO3/c1-11-8-13(16(18)19)6-7-17(11)10-14-9-12-4-2-3-5-15(12)20-14/h2-5,11,13-14H,6-10H2,1H3,(H,18,19). The molecular weight excluding hydrogens is 254 g/mol. The van der Waals surface area contributed by atoms with Crippen LogP contribution in [0.3, 0.4) is 0 Å². The van der Waals surface area contributed by atoms with Gasteiger partial charge in [0.05, 0.1) is 5.92 Å². The molecule has 1 aromatic rings. The first-order valence-electron chi connectivity index (χ1n) is 7.35. The molecule has 4 nitrogen and oxygen atoms in total. The minimum atomic E-state index is -0.652. The van der Waals surface area contributed by atoms with Gasteiger partial charge in [0, 0.05) is 19.0 Å². The summed E-state index contributed by atoms with van der Waals surface area (Å²) in [6.45, 7) is 3.87. The van der Waals surface area contributed by atoms with Gasteiger partial charge in [0.2, 0.25) is 0 Å². The fourth-order valence-electron chi connectivity index (χ4n) is 3.33. The van der Waals surface area contributed by atoms with Gasteiger partial charge < -0.3 is 9.84 Å². The summed E-state index contributed by atoms with van der Waals surface area (Å²) in [6.07, 6.45) is 2.66. The molecule has 0 amide bonds. The van der Waals surface area contributed by atoms with Gasteiger partial charge in [0.15, 0.2) is 0 Å². The Morgan fingerprint density at radius 2 is 2.25 bits per heavy atom. The molecule has 4 heteroatoms. The maximum atomic E-state index is 11.1. The number of benzene rings is 1. The molecule has 1 N–H and O–H groups in total. The van der Waals surface area contributed by atoms with Crippen LogP contribution in [0.25, 0.3) is 0 Å². The molecule has 0 radical (unpaired) electrons. The average molecular weight is 275 g/mol. The molecule has 3 unspecified atom stereocenters. The fraction of sp³-hybridized carbons (Fsp3) is 0.562. The summed E-state index contributed by atoms with van der Waals surface area (Å²) in [5, 5.41) is 9.10. The second-order valence-corrected chi connectivity index (χ2v) is 5.96. The molecular formula is C16H21NO3. The number of carbonyl (C=O) groups is 1. The summed E-state index contributed by atoms with van der Waals surface area (Å²) in [4.78, 5) is 13.4. The Morgan fingerprint density at radius 1 is 1.45 bits per heavy atom. The Labute approximate surface area is 119 Å². The summed E-state index contributed by atoms with van der Waals surface area (Å²) in [7, 11) is 0. The van der Waals surface area contributed by atoms with Crippen molar-refractivity contribution in [1.82, 2.24) is 4.90 Å². The van der Waals surface area contributed by atoms with E-state index < -0.39 is 5.97 Å². The predicted molar refractivity (Wildman–Crippen MR) is 76.0 cm³/mol. The van der Waals surface area contributed by atoms with Crippen molar-refractivity contribution in [3.05, 3.63) is 29.8 Å². The van der Waals surface area contributed by atoms with Crippen LogP contribution in [-0.2, 0) is 11.2 Å². The molecule has 2 heterocycles. The fourth-order valence-corrected chi connectivity index (χ4v) is 3.33. The van der Waals surface area contributed by atoms with Gasteiger partial charge in [0.1, 0.15) is 11.9 Å². The van der Waals surface area contributed by atoms with Gasteiger partial charge in [-0.2, -0.15) is 0 Å². The third-order valence-electron chi connectivity index (χ3n) is 4.51. The van der Waals surface area contributed by atoms with Crippen molar-refractivity contribution in [3.8, 4) is 5.75 Å². The molecule has 2 aliphatic heterocycles. The molecule has 2 aliphatic rings. The topological polar surface area (TPSA) is 49.8 Å². The monoisotopic (exact) mass is 275 g/mol. The first-order chi connectivity index (χ1) is 9.63. The number of likely N-dealkylation sites (tertiary alicyclic amines) is 1. The van der Waals surface area contributed by atoms with E-state index in [1.54, 1.807) is 0 Å². The third-order valence-corrected chi connectivity index (χ3v) is 4.51. The Kier molecular flexibility index (Phi) is 3.66. The van der Waals surface area contributed by atoms with E-state index in [-0.39, 0.29) is 12.0 Å². The molecule has 0 spiro atoms. The SMILES string of the molecule is CC1CC(C(=O)O)CCN1CC1Cc2ccccc2O1. The molecule has 3 rings (SSSR count). The minimum Gasteiger partial charge on any atom is -0.488 e. The van der Waals surface area contributed by atoms with E-state index >= 15 is 0 Å². The number of hydrogen-bond acceptors (Lipinski definition) is 3. The van der Waals surface area contributed by atoms with Gasteiger partial charge in [-0.1, -0.05) is 18.2 Å². The molecule has 1 aromatic carbocycles. The van der Waals surface area contributed by atoms with Gasteiger partial charge in [-0.25, -0.2) is 0 Å². The van der Waals surface area contributed by atoms with Crippen molar-refractivity contribution in [2.75, 3.05) is 13.1 Å². The summed E-state index contributed by atoms with van der Waals surface area (Å²) < 4.78 is 5.97. The van der Waals surface area contributed by atoms with Crippen LogP contribution in [0.2, 0.25) is 0 Å². The predicted octanol–water partition coefficient (Wildman–Crippen LogP) is 2.18. The van der Waals surface area contributed by atoms with Crippen LogP contribution in [0.1, 0.15) is 25.3 Å². The number of rotatable bonds is 3. The number of carboxylic acid groups (broad SMARTS) is 1. The van der Waals surface area contributed by atoms with Crippen LogP contribution < -0.4 is 4.74 Å². The second-order valence-electron chi connectivity index (χ2n) is 5.96. The number of hydrogen-bond donors (Lipinski definition) is 1. The Balaban J connectivity index is 1.57. The molecule has 0 aliphatic carbocycles. The lowest BCUT2D eigenvalue weighted by Crippen LogP contribution is -2.46. The highest BCUT2D eigenvalue weighted by atomic mass is 16.5. The molecule has 0 saturated carbocycles. The van der Waals surface area contributed by atoms with E-state index in [0.717, 1.165) is 38.1 Å². The number of piperidine rings is 1. The lowest BCUT2D eigenvalue weighted by molar-refractivity contribution is -0.144. The molecule has 1 saturated heterocycles. The first-order valence-corrected chi connectivity index (χ1v) is 7.35. The summed E-state index contributed by atoms with van der Waals surface area (Å²) >= 11 is 0. The van der Waals surface area contributed by atoms with Gasteiger partial charge in [0.25, 0.3) is 0 Å². The maximum Gasteiger partial charge on any atom is 0.306 e. The van der Waals surface area contributed by atoms with E-state index in [4.69, 9.17) is 9.84 Å². The van der Waals surface area contributed by atoms with Gasteiger partial charge in [-0.3, -0.25) is 9.69 Å². The lowest BCUT2D eigenvalue weighted by atomic mass is 9.91. The van der Waals surface area contributed by atoms with Crippen LogP contribution in [0.4, 0.5) is 0 Å². The van der Waals surface area contributed by atoms with Gasteiger partial charge in [-0.15, -0.1) is 0 Å². The number of aliphatic carboxylic acids is 1. The Hall–Kier alpha value is -1.55. The van der Waals surface area contributed by atoms with Crippen LogP contribution in [0, 0.1) is 5.92 Å². The highest BCUT2D eigenvalue weighted by molar-refractivity contribution is 5.70. The van der Waals surface area contributed by atoms with Crippen molar-refractivity contribution in [2.24, 2.45) is 5.92 Å². The lowest BCUT2D eigenvalue weighted by Gasteiger charge is -2.37. The molecule has 0 bridgehead atoms. The third kappa shape index (κ3) is 2.66. The van der Waals surface area contributed by atoms with Crippen molar-refractivity contribution in [1.29, 1.82) is 0 Å². The van der Waals surface area contributed by atoms with Crippen LogP contribution in [0.15, 0.2) is 24.3 Å².